The van der Waals surface area contributed by atoms with Gasteiger partial charge in [-0.2, -0.15) is 16.1 Å². The number of rotatable bonds is 4. The smallest absolute Gasteiger partial charge is 0.174 e. The Morgan fingerprint density at radius 2 is 2.42 bits per heavy atom. The summed E-state index contributed by atoms with van der Waals surface area (Å²) in [5, 5.41) is 0.714. The van der Waals surface area contributed by atoms with Crippen molar-refractivity contribution >= 4 is 45.9 Å². The van der Waals surface area contributed by atoms with Crippen molar-refractivity contribution in [3.05, 3.63) is 8.84 Å². The Labute approximate surface area is 94.9 Å². The second-order valence-corrected chi connectivity index (χ2v) is 6.43. The third kappa shape index (κ3) is 3.57. The molecule has 2 nitrogen and oxygen atoms in total. The number of hydrogen-bond acceptors (Lipinski definition) is 4. The SMILES string of the molecule is CCC(C)SCc1nsc(I)n1. The van der Waals surface area contributed by atoms with E-state index in [0.29, 0.717) is 5.25 Å². The maximum Gasteiger partial charge on any atom is 0.174 e. The van der Waals surface area contributed by atoms with E-state index in [1.165, 1.54) is 18.0 Å². The molecule has 1 heterocycles. The Kier molecular flexibility index (Phi) is 4.81. The lowest BCUT2D eigenvalue weighted by molar-refractivity contribution is 0.903. The summed E-state index contributed by atoms with van der Waals surface area (Å²) in [4.78, 5) is 4.29. The fraction of sp³-hybridized carbons (Fsp3) is 0.714. The van der Waals surface area contributed by atoms with Crippen LogP contribution in [0, 0.1) is 3.01 Å². The van der Waals surface area contributed by atoms with Crippen molar-refractivity contribution in [3.63, 3.8) is 0 Å². The molecule has 68 valence electrons. The Morgan fingerprint density at radius 3 is 2.92 bits per heavy atom. The van der Waals surface area contributed by atoms with Gasteiger partial charge in [0, 0.05) is 5.25 Å². The van der Waals surface area contributed by atoms with Crippen molar-refractivity contribution in [2.24, 2.45) is 0 Å². The molecule has 0 fully saturated rings. The Morgan fingerprint density at radius 1 is 1.67 bits per heavy atom. The maximum atomic E-state index is 4.29. The first-order valence-corrected chi connectivity index (χ1v) is 6.72. The minimum absolute atomic E-state index is 0.714. The van der Waals surface area contributed by atoms with Crippen LogP contribution in [0.25, 0.3) is 0 Å². The lowest BCUT2D eigenvalue weighted by atomic mass is 10.4. The van der Waals surface area contributed by atoms with Crippen LogP contribution in [0.15, 0.2) is 0 Å². The molecule has 0 saturated heterocycles. The second-order valence-electron chi connectivity index (χ2n) is 2.49. The summed E-state index contributed by atoms with van der Waals surface area (Å²) in [6.45, 7) is 4.44. The van der Waals surface area contributed by atoms with Gasteiger partial charge < -0.3 is 0 Å². The topological polar surface area (TPSA) is 25.8 Å². The van der Waals surface area contributed by atoms with E-state index in [4.69, 9.17) is 0 Å². The number of halogens is 1. The van der Waals surface area contributed by atoms with Crippen molar-refractivity contribution in [2.45, 2.75) is 31.3 Å². The molecule has 0 aromatic carbocycles. The van der Waals surface area contributed by atoms with Crippen LogP contribution in [0.2, 0.25) is 0 Å². The molecular weight excluding hydrogens is 303 g/mol. The molecule has 0 amide bonds. The monoisotopic (exact) mass is 314 g/mol. The van der Waals surface area contributed by atoms with E-state index >= 15 is 0 Å². The van der Waals surface area contributed by atoms with Gasteiger partial charge in [-0.15, -0.1) is 0 Å². The fourth-order valence-corrected chi connectivity index (χ4v) is 2.51. The predicted molar refractivity (Wildman–Crippen MR) is 63.7 cm³/mol. The summed E-state index contributed by atoms with van der Waals surface area (Å²) in [6, 6.07) is 0. The highest BCUT2D eigenvalue weighted by Gasteiger charge is 2.04. The summed E-state index contributed by atoms with van der Waals surface area (Å²) in [5.41, 5.74) is 0. The van der Waals surface area contributed by atoms with Crippen LogP contribution >= 0.6 is 45.9 Å². The van der Waals surface area contributed by atoms with Gasteiger partial charge in [-0.25, -0.2) is 4.98 Å². The third-order valence-electron chi connectivity index (χ3n) is 1.52. The normalized spacial score (nSPS) is 13.2. The van der Waals surface area contributed by atoms with E-state index < -0.39 is 0 Å². The standard InChI is InChI=1S/C7H11IN2S2/c1-3-5(2)11-4-6-9-7(8)12-10-6/h5H,3-4H2,1-2H3. The van der Waals surface area contributed by atoms with Crippen LogP contribution in [-0.4, -0.2) is 14.6 Å². The maximum absolute atomic E-state index is 4.29. The molecule has 0 radical (unpaired) electrons. The zero-order valence-corrected chi connectivity index (χ0v) is 10.9. The molecule has 0 spiro atoms. The van der Waals surface area contributed by atoms with Crippen LogP contribution in [-0.2, 0) is 5.75 Å². The van der Waals surface area contributed by atoms with Crippen molar-refractivity contribution in [3.8, 4) is 0 Å². The van der Waals surface area contributed by atoms with Crippen molar-refractivity contribution in [1.82, 2.24) is 9.36 Å². The molecule has 0 aliphatic rings. The molecule has 1 rings (SSSR count). The Balaban J connectivity index is 2.33. The van der Waals surface area contributed by atoms with Gasteiger partial charge in [-0.3, -0.25) is 0 Å². The van der Waals surface area contributed by atoms with E-state index in [9.17, 15) is 0 Å². The van der Waals surface area contributed by atoms with Gasteiger partial charge in [0.15, 0.2) is 8.84 Å². The lowest BCUT2D eigenvalue weighted by Gasteiger charge is -2.04. The van der Waals surface area contributed by atoms with Crippen molar-refractivity contribution in [2.75, 3.05) is 0 Å². The van der Waals surface area contributed by atoms with Crippen LogP contribution in [0.3, 0.4) is 0 Å². The molecule has 1 unspecified atom stereocenters. The number of aromatic nitrogens is 2. The molecule has 0 N–H and O–H groups in total. The van der Waals surface area contributed by atoms with E-state index in [0.717, 1.165) is 14.6 Å². The van der Waals surface area contributed by atoms with Gasteiger partial charge in [0.25, 0.3) is 0 Å². The molecule has 5 heteroatoms. The lowest BCUT2D eigenvalue weighted by Crippen LogP contribution is -1.94. The van der Waals surface area contributed by atoms with E-state index in [-0.39, 0.29) is 0 Å². The molecule has 0 aliphatic carbocycles. The summed E-state index contributed by atoms with van der Waals surface area (Å²) in [6.07, 6.45) is 1.21. The van der Waals surface area contributed by atoms with E-state index in [1.54, 1.807) is 0 Å². The highest BCUT2D eigenvalue weighted by atomic mass is 127. The molecule has 12 heavy (non-hydrogen) atoms. The molecule has 0 bridgehead atoms. The van der Waals surface area contributed by atoms with Crippen LogP contribution in [0.1, 0.15) is 26.1 Å². The fourth-order valence-electron chi connectivity index (χ4n) is 0.626. The van der Waals surface area contributed by atoms with Gasteiger partial charge in [0.1, 0.15) is 0 Å². The molecule has 0 saturated carbocycles. The number of hydrogen-bond donors (Lipinski definition) is 0. The third-order valence-corrected chi connectivity index (χ3v) is 4.22. The number of thioether (sulfide) groups is 1. The molecule has 1 atom stereocenters. The minimum atomic E-state index is 0.714. The van der Waals surface area contributed by atoms with Gasteiger partial charge in [-0.1, -0.05) is 13.8 Å². The van der Waals surface area contributed by atoms with Crippen LogP contribution in [0.4, 0.5) is 0 Å². The molecular formula is C7H11IN2S2. The molecule has 1 aromatic rings. The zero-order chi connectivity index (χ0) is 8.97. The van der Waals surface area contributed by atoms with Gasteiger partial charge >= 0.3 is 0 Å². The average molecular weight is 314 g/mol. The predicted octanol–water partition coefficient (Wildman–Crippen LogP) is 3.17. The first-order valence-electron chi connectivity index (χ1n) is 3.82. The van der Waals surface area contributed by atoms with Gasteiger partial charge in [-0.05, 0) is 40.5 Å². The van der Waals surface area contributed by atoms with Crippen molar-refractivity contribution in [1.29, 1.82) is 0 Å². The second kappa shape index (κ2) is 5.39. The average Bonchev–Trinajstić information content (AvgIpc) is 2.47. The zero-order valence-electron chi connectivity index (χ0n) is 7.08. The quantitative estimate of drug-likeness (QED) is 0.798. The summed E-state index contributed by atoms with van der Waals surface area (Å²) in [7, 11) is 0. The summed E-state index contributed by atoms with van der Waals surface area (Å²) in [5.74, 6) is 1.93. The Hall–Kier alpha value is 0.640. The van der Waals surface area contributed by atoms with Crippen LogP contribution in [0.5, 0.6) is 0 Å². The van der Waals surface area contributed by atoms with E-state index in [1.807, 2.05) is 11.8 Å². The van der Waals surface area contributed by atoms with Crippen molar-refractivity contribution < 1.29 is 0 Å². The highest BCUT2D eigenvalue weighted by molar-refractivity contribution is 14.1. The Bertz CT molecular complexity index is 239. The van der Waals surface area contributed by atoms with E-state index in [2.05, 4.69) is 45.8 Å². The first-order chi connectivity index (χ1) is 5.72. The summed E-state index contributed by atoms with van der Waals surface area (Å²) >= 11 is 5.60. The summed E-state index contributed by atoms with van der Waals surface area (Å²) < 4.78 is 5.26. The first kappa shape index (κ1) is 10.7. The van der Waals surface area contributed by atoms with Gasteiger partial charge in [0.2, 0.25) is 0 Å². The molecule has 0 aliphatic heterocycles. The highest BCUT2D eigenvalue weighted by Crippen LogP contribution is 2.19. The number of nitrogens with zero attached hydrogens (tertiary/aromatic N) is 2. The van der Waals surface area contributed by atoms with Crippen LogP contribution < -0.4 is 0 Å². The van der Waals surface area contributed by atoms with Gasteiger partial charge in [0.05, 0.1) is 5.75 Å². The minimum Gasteiger partial charge on any atom is -0.213 e. The largest absolute Gasteiger partial charge is 0.213 e. The molecule has 1 aromatic heterocycles.